The molecule has 2 atom stereocenters. The van der Waals surface area contributed by atoms with Gasteiger partial charge in [-0.25, -0.2) is 0 Å². The molecule has 0 spiro atoms. The highest BCUT2D eigenvalue weighted by molar-refractivity contribution is 5.29. The van der Waals surface area contributed by atoms with Crippen LogP contribution in [0.1, 0.15) is 35.0 Å². The highest BCUT2D eigenvalue weighted by atomic mass is 15.1. The van der Waals surface area contributed by atoms with E-state index in [9.17, 15) is 0 Å². The van der Waals surface area contributed by atoms with E-state index in [1.54, 1.807) is 0 Å². The van der Waals surface area contributed by atoms with Crippen molar-refractivity contribution in [2.45, 2.75) is 31.3 Å². The summed E-state index contributed by atoms with van der Waals surface area (Å²) in [6.45, 7) is 0. The number of rotatable bonds is 4. The summed E-state index contributed by atoms with van der Waals surface area (Å²) in [5, 5.41) is 11.1. The van der Waals surface area contributed by atoms with E-state index in [2.05, 4.69) is 63.0 Å². The van der Waals surface area contributed by atoms with E-state index >= 15 is 0 Å². The lowest BCUT2D eigenvalue weighted by Crippen LogP contribution is -2.37. The minimum absolute atomic E-state index is 0.121. The molecule has 4 nitrogen and oxygen atoms in total. The van der Waals surface area contributed by atoms with Gasteiger partial charge in [0.25, 0.3) is 0 Å². The monoisotopic (exact) mass is 304 g/mol. The lowest BCUT2D eigenvalue weighted by Gasteiger charge is -2.28. The Morgan fingerprint density at radius 2 is 1.96 bits per heavy atom. The number of aromatic amines is 1. The molecule has 1 aliphatic carbocycles. The number of H-pyrrole nitrogens is 1. The van der Waals surface area contributed by atoms with Gasteiger partial charge < -0.3 is 5.32 Å². The molecule has 1 aromatic carbocycles. The SMILES string of the molecule is c1ccc([C@H](N[C@H]2CCc3[nH]ncc3C2)c2ccccn2)cc1. The van der Waals surface area contributed by atoms with Crippen LogP contribution >= 0.6 is 0 Å². The van der Waals surface area contributed by atoms with Gasteiger partial charge in [0, 0.05) is 17.9 Å². The summed E-state index contributed by atoms with van der Waals surface area (Å²) in [4.78, 5) is 4.57. The molecule has 0 amide bonds. The first-order valence-corrected chi connectivity index (χ1v) is 8.13. The molecule has 0 saturated heterocycles. The Bertz CT molecular complexity index is 712. The van der Waals surface area contributed by atoms with Gasteiger partial charge in [-0.05, 0) is 42.5 Å². The van der Waals surface area contributed by atoms with Gasteiger partial charge in [0.15, 0.2) is 0 Å². The van der Waals surface area contributed by atoms with E-state index in [-0.39, 0.29) is 6.04 Å². The summed E-state index contributed by atoms with van der Waals surface area (Å²) in [5.74, 6) is 0. The van der Waals surface area contributed by atoms with Crippen LogP contribution in [0.25, 0.3) is 0 Å². The molecule has 0 fully saturated rings. The number of benzene rings is 1. The fraction of sp³-hybridized carbons (Fsp3) is 0.263. The summed E-state index contributed by atoms with van der Waals surface area (Å²) >= 11 is 0. The second kappa shape index (κ2) is 6.34. The maximum absolute atomic E-state index is 4.57. The number of nitrogens with zero attached hydrogens (tertiary/aromatic N) is 2. The second-order valence-electron chi connectivity index (χ2n) is 6.08. The Balaban J connectivity index is 1.59. The Hall–Kier alpha value is -2.46. The van der Waals surface area contributed by atoms with Crippen molar-refractivity contribution in [3.63, 3.8) is 0 Å². The van der Waals surface area contributed by atoms with E-state index in [0.29, 0.717) is 6.04 Å². The molecule has 4 heteroatoms. The number of nitrogens with one attached hydrogen (secondary N) is 2. The van der Waals surface area contributed by atoms with Crippen LogP contribution in [-0.2, 0) is 12.8 Å². The first kappa shape index (κ1) is 14.2. The van der Waals surface area contributed by atoms with Crippen LogP contribution in [0.4, 0.5) is 0 Å². The molecule has 2 N–H and O–H groups in total. The lowest BCUT2D eigenvalue weighted by molar-refractivity contribution is 0.421. The van der Waals surface area contributed by atoms with Gasteiger partial charge in [-0.2, -0.15) is 5.10 Å². The molecule has 2 heterocycles. The average Bonchev–Trinajstić information content (AvgIpc) is 3.09. The maximum atomic E-state index is 4.57. The van der Waals surface area contributed by atoms with Gasteiger partial charge in [-0.1, -0.05) is 36.4 Å². The number of hydrogen-bond donors (Lipinski definition) is 2. The highest BCUT2D eigenvalue weighted by Crippen LogP contribution is 2.25. The van der Waals surface area contributed by atoms with Crippen molar-refractivity contribution in [3.05, 3.63) is 83.4 Å². The molecule has 23 heavy (non-hydrogen) atoms. The number of hydrogen-bond acceptors (Lipinski definition) is 3. The van der Waals surface area contributed by atoms with Gasteiger partial charge in [-0.3, -0.25) is 10.1 Å². The third kappa shape index (κ3) is 3.03. The van der Waals surface area contributed by atoms with Crippen LogP contribution in [0.15, 0.2) is 60.9 Å². The van der Waals surface area contributed by atoms with Crippen molar-refractivity contribution < 1.29 is 0 Å². The van der Waals surface area contributed by atoms with Crippen molar-refractivity contribution in [1.82, 2.24) is 20.5 Å². The summed E-state index contributed by atoms with van der Waals surface area (Å²) < 4.78 is 0. The van der Waals surface area contributed by atoms with E-state index in [1.165, 1.54) is 16.8 Å². The van der Waals surface area contributed by atoms with Crippen molar-refractivity contribution in [1.29, 1.82) is 0 Å². The molecule has 116 valence electrons. The second-order valence-corrected chi connectivity index (χ2v) is 6.08. The number of fused-ring (bicyclic) bond motifs is 1. The third-order valence-electron chi connectivity index (χ3n) is 4.54. The normalized spacial score (nSPS) is 18.3. The molecule has 2 aromatic heterocycles. The van der Waals surface area contributed by atoms with Crippen LogP contribution in [0.3, 0.4) is 0 Å². The first-order valence-electron chi connectivity index (χ1n) is 8.13. The minimum Gasteiger partial charge on any atom is -0.302 e. The molecule has 0 bridgehead atoms. The van der Waals surface area contributed by atoms with E-state index in [1.807, 2.05) is 18.5 Å². The van der Waals surface area contributed by atoms with E-state index < -0.39 is 0 Å². The zero-order valence-electron chi connectivity index (χ0n) is 12.9. The zero-order valence-corrected chi connectivity index (χ0v) is 12.9. The Labute approximate surface area is 136 Å². The predicted octanol–water partition coefficient (Wildman–Crippen LogP) is 3.04. The number of aryl methyl sites for hydroxylation is 1. The molecule has 0 radical (unpaired) electrons. The fourth-order valence-corrected chi connectivity index (χ4v) is 3.34. The van der Waals surface area contributed by atoms with E-state index in [4.69, 9.17) is 0 Å². The average molecular weight is 304 g/mol. The van der Waals surface area contributed by atoms with Crippen LogP contribution in [-0.4, -0.2) is 21.2 Å². The summed E-state index contributed by atoms with van der Waals surface area (Å²) in [5.41, 5.74) is 4.94. The third-order valence-corrected chi connectivity index (χ3v) is 4.54. The predicted molar refractivity (Wildman–Crippen MR) is 90.1 cm³/mol. The molecular formula is C19H20N4. The van der Waals surface area contributed by atoms with Crippen molar-refractivity contribution in [3.8, 4) is 0 Å². The van der Waals surface area contributed by atoms with Gasteiger partial charge in [0.1, 0.15) is 0 Å². The molecule has 0 saturated carbocycles. The van der Waals surface area contributed by atoms with Crippen molar-refractivity contribution in [2.75, 3.05) is 0 Å². The van der Waals surface area contributed by atoms with Gasteiger partial charge >= 0.3 is 0 Å². The molecule has 0 unspecified atom stereocenters. The zero-order chi connectivity index (χ0) is 15.5. The van der Waals surface area contributed by atoms with Crippen molar-refractivity contribution in [2.24, 2.45) is 0 Å². The largest absolute Gasteiger partial charge is 0.302 e. The standard InChI is InChI=1S/C19H20N4/c1-2-6-14(7-3-1)19(18-8-4-5-11-20-18)22-16-9-10-17-15(12-16)13-21-23-17/h1-8,11,13,16,19,22H,9-10,12H2,(H,21,23)/t16-,19-/m0/s1. The molecular weight excluding hydrogens is 284 g/mol. The maximum Gasteiger partial charge on any atom is 0.0753 e. The highest BCUT2D eigenvalue weighted by Gasteiger charge is 2.24. The minimum atomic E-state index is 0.121. The van der Waals surface area contributed by atoms with Crippen LogP contribution in [0.5, 0.6) is 0 Å². The van der Waals surface area contributed by atoms with Crippen LogP contribution < -0.4 is 5.32 Å². The number of pyridine rings is 1. The molecule has 3 aromatic rings. The Morgan fingerprint density at radius 1 is 1.09 bits per heavy atom. The summed E-state index contributed by atoms with van der Waals surface area (Å²) in [6, 6.07) is 17.2. The van der Waals surface area contributed by atoms with Crippen molar-refractivity contribution >= 4 is 0 Å². The molecule has 4 rings (SSSR count). The van der Waals surface area contributed by atoms with Gasteiger partial charge in [-0.15, -0.1) is 0 Å². The van der Waals surface area contributed by atoms with Gasteiger partial charge in [0.2, 0.25) is 0 Å². The fourth-order valence-electron chi connectivity index (χ4n) is 3.34. The lowest BCUT2D eigenvalue weighted by atomic mass is 9.91. The smallest absolute Gasteiger partial charge is 0.0753 e. The molecule has 1 aliphatic rings. The van der Waals surface area contributed by atoms with Crippen LogP contribution in [0.2, 0.25) is 0 Å². The van der Waals surface area contributed by atoms with Crippen LogP contribution in [0, 0.1) is 0 Å². The van der Waals surface area contributed by atoms with E-state index in [0.717, 1.165) is 25.0 Å². The topological polar surface area (TPSA) is 53.6 Å². The summed E-state index contributed by atoms with van der Waals surface area (Å²) in [7, 11) is 0. The first-order chi connectivity index (χ1) is 11.4. The summed E-state index contributed by atoms with van der Waals surface area (Å²) in [6.07, 6.45) is 7.01. The Kier molecular flexibility index (Phi) is 3.90. The van der Waals surface area contributed by atoms with Gasteiger partial charge in [0.05, 0.1) is 17.9 Å². The Morgan fingerprint density at radius 3 is 2.78 bits per heavy atom. The number of aromatic nitrogens is 3. The quantitative estimate of drug-likeness (QED) is 0.779. The molecule has 0 aliphatic heterocycles.